The molecule has 3 rings (SSSR count). The van der Waals surface area contributed by atoms with Gasteiger partial charge >= 0.3 is 0 Å². The molecule has 136 valence electrons. The number of hydrogen-bond donors (Lipinski definition) is 0. The van der Waals surface area contributed by atoms with Crippen molar-refractivity contribution in [2.75, 3.05) is 13.2 Å². The van der Waals surface area contributed by atoms with Crippen LogP contribution in [0.4, 0.5) is 0 Å². The van der Waals surface area contributed by atoms with Gasteiger partial charge in [0.2, 0.25) is 0 Å². The van der Waals surface area contributed by atoms with Gasteiger partial charge in [-0.3, -0.25) is 4.79 Å². The average molecular weight is 409 g/mol. The van der Waals surface area contributed by atoms with Gasteiger partial charge in [-0.05, 0) is 49.7 Å². The van der Waals surface area contributed by atoms with Crippen LogP contribution in [0.2, 0.25) is 10.0 Å². The fourth-order valence-electron chi connectivity index (χ4n) is 2.59. The van der Waals surface area contributed by atoms with E-state index in [0.29, 0.717) is 40.2 Å². The van der Waals surface area contributed by atoms with E-state index >= 15 is 0 Å². The SMILES string of the molecule is CCOCCn1c(=NC(=O)c2ccc(Cl)cc2Cl)sc2cc(C)ccc21. The monoisotopic (exact) mass is 408 g/mol. The molecular formula is C19H18Cl2N2O2S. The quantitative estimate of drug-likeness (QED) is 0.551. The second-order valence-electron chi connectivity index (χ2n) is 5.75. The number of rotatable bonds is 5. The van der Waals surface area contributed by atoms with Crippen molar-refractivity contribution in [3.63, 3.8) is 0 Å². The first kappa shape index (κ1) is 19.1. The Balaban J connectivity index is 2.08. The minimum Gasteiger partial charge on any atom is -0.380 e. The molecule has 3 aromatic rings. The highest BCUT2D eigenvalue weighted by molar-refractivity contribution is 7.16. The van der Waals surface area contributed by atoms with Crippen LogP contribution in [0, 0.1) is 6.92 Å². The third kappa shape index (κ3) is 4.18. The zero-order valence-electron chi connectivity index (χ0n) is 14.5. The van der Waals surface area contributed by atoms with Crippen LogP contribution in [-0.2, 0) is 11.3 Å². The van der Waals surface area contributed by atoms with Gasteiger partial charge in [0.1, 0.15) is 0 Å². The number of nitrogens with zero attached hydrogens (tertiary/aromatic N) is 2. The number of ether oxygens (including phenoxy) is 1. The van der Waals surface area contributed by atoms with Crippen LogP contribution in [0.15, 0.2) is 41.4 Å². The smallest absolute Gasteiger partial charge is 0.281 e. The molecule has 7 heteroatoms. The van der Waals surface area contributed by atoms with Gasteiger partial charge in [-0.1, -0.05) is 40.6 Å². The third-order valence-electron chi connectivity index (χ3n) is 3.86. The first-order chi connectivity index (χ1) is 12.5. The van der Waals surface area contributed by atoms with E-state index in [1.807, 2.05) is 30.5 Å². The number of aryl methyl sites for hydroxylation is 1. The van der Waals surface area contributed by atoms with Crippen molar-refractivity contribution in [1.82, 2.24) is 4.57 Å². The molecule has 0 saturated carbocycles. The summed E-state index contributed by atoms with van der Waals surface area (Å²) >= 11 is 13.5. The fourth-order valence-corrected chi connectivity index (χ4v) is 4.23. The lowest BCUT2D eigenvalue weighted by atomic mass is 10.2. The second kappa shape index (κ2) is 8.35. The summed E-state index contributed by atoms with van der Waals surface area (Å²) in [7, 11) is 0. The Morgan fingerprint density at radius 3 is 2.77 bits per heavy atom. The first-order valence-corrected chi connectivity index (χ1v) is 9.78. The van der Waals surface area contributed by atoms with Crippen LogP contribution in [0.25, 0.3) is 10.2 Å². The highest BCUT2D eigenvalue weighted by Gasteiger charge is 2.12. The predicted octanol–water partition coefficient (Wildman–Crippen LogP) is 5.10. The van der Waals surface area contributed by atoms with Crippen molar-refractivity contribution in [1.29, 1.82) is 0 Å². The summed E-state index contributed by atoms with van der Waals surface area (Å²) in [4.78, 5) is 17.6. The molecule has 0 saturated heterocycles. The van der Waals surface area contributed by atoms with Crippen LogP contribution in [0.3, 0.4) is 0 Å². The van der Waals surface area contributed by atoms with Gasteiger partial charge in [-0.15, -0.1) is 0 Å². The number of amides is 1. The molecular weight excluding hydrogens is 391 g/mol. The predicted molar refractivity (Wildman–Crippen MR) is 107 cm³/mol. The molecule has 1 heterocycles. The highest BCUT2D eigenvalue weighted by Crippen LogP contribution is 2.22. The second-order valence-corrected chi connectivity index (χ2v) is 7.60. The van der Waals surface area contributed by atoms with Gasteiger partial charge in [0, 0.05) is 18.2 Å². The summed E-state index contributed by atoms with van der Waals surface area (Å²) in [5, 5.41) is 0.778. The molecule has 1 aromatic heterocycles. The summed E-state index contributed by atoms with van der Waals surface area (Å²) in [5.74, 6) is -0.389. The Morgan fingerprint density at radius 2 is 2.04 bits per heavy atom. The Labute approximate surface area is 165 Å². The molecule has 0 unspecified atom stereocenters. The maximum absolute atomic E-state index is 12.6. The van der Waals surface area contributed by atoms with E-state index in [1.54, 1.807) is 18.2 Å². The zero-order chi connectivity index (χ0) is 18.7. The summed E-state index contributed by atoms with van der Waals surface area (Å²) in [5.41, 5.74) is 2.53. The van der Waals surface area contributed by atoms with Crippen LogP contribution in [0.5, 0.6) is 0 Å². The number of fused-ring (bicyclic) bond motifs is 1. The van der Waals surface area contributed by atoms with Gasteiger partial charge in [0.05, 0.1) is 27.4 Å². The summed E-state index contributed by atoms with van der Waals surface area (Å²) in [6.07, 6.45) is 0. The van der Waals surface area contributed by atoms with E-state index in [0.717, 1.165) is 15.8 Å². The van der Waals surface area contributed by atoms with Crippen molar-refractivity contribution in [2.45, 2.75) is 20.4 Å². The molecule has 1 amide bonds. The lowest BCUT2D eigenvalue weighted by molar-refractivity contribution is 0.0997. The topological polar surface area (TPSA) is 43.6 Å². The fraction of sp³-hybridized carbons (Fsp3) is 0.263. The maximum atomic E-state index is 12.6. The average Bonchev–Trinajstić information content (AvgIpc) is 2.91. The van der Waals surface area contributed by atoms with Crippen LogP contribution >= 0.6 is 34.5 Å². The highest BCUT2D eigenvalue weighted by atomic mass is 35.5. The van der Waals surface area contributed by atoms with Crippen molar-refractivity contribution in [3.05, 3.63) is 62.4 Å². The number of carbonyl (C=O) groups excluding carboxylic acids is 1. The normalized spacial score (nSPS) is 12.1. The molecule has 0 atom stereocenters. The third-order valence-corrected chi connectivity index (χ3v) is 5.45. The number of benzene rings is 2. The van der Waals surface area contributed by atoms with Crippen molar-refractivity contribution >= 4 is 50.7 Å². The molecule has 0 aliphatic carbocycles. The minimum absolute atomic E-state index is 0.295. The molecule has 0 bridgehead atoms. The lowest BCUT2D eigenvalue weighted by Crippen LogP contribution is -2.19. The van der Waals surface area contributed by atoms with Crippen molar-refractivity contribution in [2.24, 2.45) is 4.99 Å². The minimum atomic E-state index is -0.389. The molecule has 0 radical (unpaired) electrons. The van der Waals surface area contributed by atoms with E-state index in [9.17, 15) is 4.79 Å². The molecule has 0 aliphatic heterocycles. The van der Waals surface area contributed by atoms with E-state index in [4.69, 9.17) is 27.9 Å². The molecule has 0 fully saturated rings. The maximum Gasteiger partial charge on any atom is 0.281 e. The molecule has 0 aliphatic rings. The van der Waals surface area contributed by atoms with Crippen LogP contribution in [0.1, 0.15) is 22.8 Å². The molecule has 0 spiro atoms. The van der Waals surface area contributed by atoms with Crippen LogP contribution in [-0.4, -0.2) is 23.7 Å². The summed E-state index contributed by atoms with van der Waals surface area (Å²) in [6.45, 7) is 5.82. The Morgan fingerprint density at radius 1 is 1.23 bits per heavy atom. The van der Waals surface area contributed by atoms with E-state index in [-0.39, 0.29) is 5.91 Å². The van der Waals surface area contributed by atoms with Gasteiger partial charge in [-0.25, -0.2) is 0 Å². The van der Waals surface area contributed by atoms with Crippen molar-refractivity contribution in [3.8, 4) is 0 Å². The Bertz CT molecular complexity index is 1020. The number of hydrogen-bond acceptors (Lipinski definition) is 3. The molecule has 2 aromatic carbocycles. The van der Waals surface area contributed by atoms with Gasteiger partial charge in [0.15, 0.2) is 4.80 Å². The zero-order valence-corrected chi connectivity index (χ0v) is 16.8. The van der Waals surface area contributed by atoms with E-state index in [1.165, 1.54) is 11.3 Å². The van der Waals surface area contributed by atoms with Crippen LogP contribution < -0.4 is 4.80 Å². The summed E-state index contributed by atoms with van der Waals surface area (Å²) in [6, 6.07) is 11.0. The van der Waals surface area contributed by atoms with Gasteiger partial charge in [-0.2, -0.15) is 4.99 Å². The number of halogens is 2. The number of carbonyl (C=O) groups is 1. The molecule has 4 nitrogen and oxygen atoms in total. The van der Waals surface area contributed by atoms with Gasteiger partial charge in [0.25, 0.3) is 5.91 Å². The first-order valence-electron chi connectivity index (χ1n) is 8.21. The number of aromatic nitrogens is 1. The number of thiazole rings is 1. The molecule has 26 heavy (non-hydrogen) atoms. The van der Waals surface area contributed by atoms with E-state index < -0.39 is 0 Å². The Hall–Kier alpha value is -1.66. The molecule has 0 N–H and O–H groups in total. The Kier molecular flexibility index (Phi) is 6.14. The lowest BCUT2D eigenvalue weighted by Gasteiger charge is -2.06. The van der Waals surface area contributed by atoms with E-state index in [2.05, 4.69) is 11.1 Å². The standard InChI is InChI=1S/C19H18Cl2N2O2S/c1-3-25-9-8-23-16-7-4-12(2)10-17(16)26-19(23)22-18(24)14-6-5-13(20)11-15(14)21/h4-7,10-11H,3,8-9H2,1-2H3. The van der Waals surface area contributed by atoms with Crippen molar-refractivity contribution < 1.29 is 9.53 Å². The van der Waals surface area contributed by atoms with Gasteiger partial charge < -0.3 is 9.30 Å². The largest absolute Gasteiger partial charge is 0.380 e. The summed E-state index contributed by atoms with van der Waals surface area (Å²) < 4.78 is 8.57.